The first-order valence-corrected chi connectivity index (χ1v) is 11.1. The van der Waals surface area contributed by atoms with Gasteiger partial charge in [-0.1, -0.05) is 62.4 Å². The number of piperidine rings is 1. The van der Waals surface area contributed by atoms with E-state index in [0.717, 1.165) is 12.8 Å². The lowest BCUT2D eigenvalue weighted by Gasteiger charge is -2.32. The highest BCUT2D eigenvalue weighted by atomic mass is 17.2. The highest BCUT2D eigenvalue weighted by molar-refractivity contribution is 5.79. The normalized spacial score (nSPS) is 17.9. The molecular formula is C25H30N2O4. The Morgan fingerprint density at radius 2 is 1.71 bits per heavy atom. The highest BCUT2D eigenvalue weighted by Gasteiger charge is 2.30. The SMILES string of the molecule is CC(C)CC(=O)NC1CCCN(C(=O)OOCC2c3ccccc3-c3ccccc32)C1. The van der Waals surface area contributed by atoms with Crippen molar-refractivity contribution in [2.75, 3.05) is 19.7 Å². The predicted molar refractivity (Wildman–Crippen MR) is 118 cm³/mol. The van der Waals surface area contributed by atoms with Gasteiger partial charge in [-0.3, -0.25) is 9.68 Å². The van der Waals surface area contributed by atoms with Crippen molar-refractivity contribution in [2.24, 2.45) is 5.92 Å². The van der Waals surface area contributed by atoms with Crippen LogP contribution in [0.5, 0.6) is 0 Å². The molecule has 1 aliphatic heterocycles. The molecule has 0 aromatic heterocycles. The number of likely N-dealkylation sites (tertiary alicyclic amines) is 1. The minimum atomic E-state index is -0.498. The first kappa shape index (κ1) is 21.4. The third kappa shape index (κ3) is 4.90. The quantitative estimate of drug-likeness (QED) is 0.550. The maximum Gasteiger partial charge on any atom is 0.441 e. The molecule has 0 bridgehead atoms. The average Bonchev–Trinajstić information content (AvgIpc) is 3.07. The minimum Gasteiger partial charge on any atom is -0.352 e. The summed E-state index contributed by atoms with van der Waals surface area (Å²) in [6, 6.07) is 16.5. The number of benzene rings is 2. The first-order chi connectivity index (χ1) is 15.0. The van der Waals surface area contributed by atoms with Crippen LogP contribution in [0.25, 0.3) is 11.1 Å². The molecule has 164 valence electrons. The summed E-state index contributed by atoms with van der Waals surface area (Å²) in [5, 5.41) is 3.03. The molecule has 31 heavy (non-hydrogen) atoms. The largest absolute Gasteiger partial charge is 0.441 e. The van der Waals surface area contributed by atoms with Gasteiger partial charge in [0.1, 0.15) is 6.61 Å². The molecule has 1 saturated heterocycles. The molecular weight excluding hydrogens is 392 g/mol. The van der Waals surface area contributed by atoms with E-state index in [4.69, 9.17) is 9.78 Å². The Labute approximate surface area is 183 Å². The number of fused-ring (bicyclic) bond motifs is 3. The molecule has 0 radical (unpaired) electrons. The first-order valence-electron chi connectivity index (χ1n) is 11.1. The molecule has 2 aliphatic rings. The zero-order valence-electron chi connectivity index (χ0n) is 18.2. The van der Waals surface area contributed by atoms with E-state index in [-0.39, 0.29) is 24.5 Å². The summed E-state index contributed by atoms with van der Waals surface area (Å²) in [6.07, 6.45) is 1.69. The number of hydrogen-bond acceptors (Lipinski definition) is 4. The van der Waals surface area contributed by atoms with Crippen LogP contribution in [0.15, 0.2) is 48.5 Å². The van der Waals surface area contributed by atoms with Crippen molar-refractivity contribution >= 4 is 12.0 Å². The van der Waals surface area contributed by atoms with Crippen LogP contribution in [0, 0.1) is 5.92 Å². The van der Waals surface area contributed by atoms with E-state index in [9.17, 15) is 9.59 Å². The number of hydrogen-bond donors (Lipinski definition) is 1. The van der Waals surface area contributed by atoms with Gasteiger partial charge < -0.3 is 10.2 Å². The van der Waals surface area contributed by atoms with Gasteiger partial charge >= 0.3 is 6.09 Å². The van der Waals surface area contributed by atoms with Crippen molar-refractivity contribution in [2.45, 2.75) is 45.1 Å². The fourth-order valence-corrected chi connectivity index (χ4v) is 4.56. The number of amides is 2. The van der Waals surface area contributed by atoms with Crippen LogP contribution in [-0.4, -0.2) is 42.6 Å². The second-order valence-corrected chi connectivity index (χ2v) is 8.81. The van der Waals surface area contributed by atoms with Gasteiger partial charge in [-0.05, 0) is 41.0 Å². The molecule has 1 unspecified atom stereocenters. The maximum atomic E-state index is 12.5. The summed E-state index contributed by atoms with van der Waals surface area (Å²) in [7, 11) is 0. The fourth-order valence-electron chi connectivity index (χ4n) is 4.56. The van der Waals surface area contributed by atoms with Gasteiger partial charge in [0.15, 0.2) is 0 Å². The van der Waals surface area contributed by atoms with E-state index < -0.39 is 6.09 Å². The van der Waals surface area contributed by atoms with Gasteiger partial charge in [-0.25, -0.2) is 4.79 Å². The Morgan fingerprint density at radius 3 is 2.35 bits per heavy atom. The second kappa shape index (κ2) is 9.52. The Bertz CT molecular complexity index is 897. The highest BCUT2D eigenvalue weighted by Crippen LogP contribution is 2.44. The summed E-state index contributed by atoms with van der Waals surface area (Å²) in [6.45, 7) is 5.35. The van der Waals surface area contributed by atoms with Crippen LogP contribution < -0.4 is 5.32 Å². The maximum absolute atomic E-state index is 12.5. The third-order valence-corrected chi connectivity index (χ3v) is 5.97. The van der Waals surface area contributed by atoms with Crippen molar-refractivity contribution in [3.05, 3.63) is 59.7 Å². The summed E-state index contributed by atoms with van der Waals surface area (Å²) >= 11 is 0. The molecule has 2 aromatic carbocycles. The molecule has 1 fully saturated rings. The van der Waals surface area contributed by atoms with Gasteiger partial charge in [-0.2, -0.15) is 4.89 Å². The van der Waals surface area contributed by atoms with Crippen molar-refractivity contribution < 1.29 is 19.4 Å². The molecule has 1 N–H and O–H groups in total. The number of nitrogens with zero attached hydrogens (tertiary/aromatic N) is 1. The van der Waals surface area contributed by atoms with Gasteiger partial charge in [-0.15, -0.1) is 0 Å². The van der Waals surface area contributed by atoms with Crippen LogP contribution in [-0.2, 0) is 14.6 Å². The number of carbonyl (C=O) groups excluding carboxylic acids is 2. The smallest absolute Gasteiger partial charge is 0.352 e. The Kier molecular flexibility index (Phi) is 6.56. The lowest BCUT2D eigenvalue weighted by Crippen LogP contribution is -2.49. The standard InChI is InChI=1S/C25H30N2O4/c1-17(2)14-24(28)26-18-8-7-13-27(15-18)25(29)31-30-16-23-21-11-5-3-9-19(21)20-10-4-6-12-22(20)23/h3-6,9-12,17-18,23H,7-8,13-16H2,1-2H3,(H,26,28). The van der Waals surface area contributed by atoms with Gasteiger partial charge in [0.2, 0.25) is 5.91 Å². The van der Waals surface area contributed by atoms with Gasteiger partial charge in [0.05, 0.1) is 0 Å². The zero-order chi connectivity index (χ0) is 21.8. The van der Waals surface area contributed by atoms with Crippen LogP contribution >= 0.6 is 0 Å². The van der Waals surface area contributed by atoms with Crippen molar-refractivity contribution in [3.63, 3.8) is 0 Å². The Hall–Kier alpha value is -2.86. The number of nitrogens with one attached hydrogen (secondary N) is 1. The molecule has 6 nitrogen and oxygen atoms in total. The molecule has 0 spiro atoms. The molecule has 2 amide bonds. The van der Waals surface area contributed by atoms with Crippen LogP contribution in [0.3, 0.4) is 0 Å². The van der Waals surface area contributed by atoms with Gasteiger partial charge in [0, 0.05) is 31.5 Å². The monoisotopic (exact) mass is 422 g/mol. The van der Waals surface area contributed by atoms with E-state index in [0.29, 0.717) is 25.4 Å². The molecule has 4 rings (SSSR count). The molecule has 1 aliphatic carbocycles. The topological polar surface area (TPSA) is 67.9 Å². The van der Waals surface area contributed by atoms with Gasteiger partial charge in [0.25, 0.3) is 0 Å². The summed E-state index contributed by atoms with van der Waals surface area (Å²) in [5.41, 5.74) is 4.78. The molecule has 2 aromatic rings. The molecule has 1 atom stereocenters. The van der Waals surface area contributed by atoms with E-state index in [1.807, 2.05) is 38.1 Å². The van der Waals surface area contributed by atoms with Crippen LogP contribution in [0.1, 0.15) is 50.2 Å². The second-order valence-electron chi connectivity index (χ2n) is 8.81. The summed E-state index contributed by atoms with van der Waals surface area (Å²) in [4.78, 5) is 36.8. The summed E-state index contributed by atoms with van der Waals surface area (Å²) in [5.74, 6) is 0.374. The Balaban J connectivity index is 1.31. The van der Waals surface area contributed by atoms with Crippen molar-refractivity contribution in [3.8, 4) is 11.1 Å². The Morgan fingerprint density at radius 1 is 1.06 bits per heavy atom. The van der Waals surface area contributed by atoms with E-state index in [1.165, 1.54) is 22.3 Å². The van der Waals surface area contributed by atoms with Crippen molar-refractivity contribution in [1.82, 2.24) is 10.2 Å². The molecule has 1 heterocycles. The molecule has 0 saturated carbocycles. The van der Waals surface area contributed by atoms with E-state index in [1.54, 1.807) is 4.90 Å². The van der Waals surface area contributed by atoms with Crippen LogP contribution in [0.4, 0.5) is 4.79 Å². The number of rotatable bonds is 6. The minimum absolute atomic E-state index is 0.0321. The predicted octanol–water partition coefficient (Wildman–Crippen LogP) is 4.49. The number of carbonyl (C=O) groups is 2. The average molecular weight is 423 g/mol. The third-order valence-electron chi connectivity index (χ3n) is 5.97. The van der Waals surface area contributed by atoms with Crippen LogP contribution in [0.2, 0.25) is 0 Å². The van der Waals surface area contributed by atoms with E-state index in [2.05, 4.69) is 29.6 Å². The fraction of sp³-hybridized carbons (Fsp3) is 0.440. The lowest BCUT2D eigenvalue weighted by atomic mass is 9.98. The molecule has 6 heteroatoms. The zero-order valence-corrected chi connectivity index (χ0v) is 18.2. The van der Waals surface area contributed by atoms with E-state index >= 15 is 0 Å². The summed E-state index contributed by atoms with van der Waals surface area (Å²) < 4.78 is 0. The lowest BCUT2D eigenvalue weighted by molar-refractivity contribution is -0.247. The van der Waals surface area contributed by atoms with Crippen molar-refractivity contribution in [1.29, 1.82) is 0 Å².